The number of likely N-dealkylation sites (tertiary alicyclic amines) is 1. The minimum Gasteiger partial charge on any atom is -0.369 e. The zero-order valence-electron chi connectivity index (χ0n) is 11.6. The SMILES string of the molecule is NC(=O)C1CCN(C(=O)c2cccc(-n3cccc3)c2)C1. The third-order valence-corrected chi connectivity index (χ3v) is 3.87. The molecular weight excluding hydrogens is 266 g/mol. The van der Waals surface area contributed by atoms with Gasteiger partial charge >= 0.3 is 0 Å². The average molecular weight is 283 g/mol. The van der Waals surface area contributed by atoms with E-state index in [4.69, 9.17) is 5.73 Å². The largest absolute Gasteiger partial charge is 0.369 e. The van der Waals surface area contributed by atoms with E-state index >= 15 is 0 Å². The van der Waals surface area contributed by atoms with Gasteiger partial charge < -0.3 is 15.2 Å². The van der Waals surface area contributed by atoms with E-state index in [-0.39, 0.29) is 17.7 Å². The maximum Gasteiger partial charge on any atom is 0.253 e. The molecule has 5 nitrogen and oxygen atoms in total. The molecule has 5 heteroatoms. The van der Waals surface area contributed by atoms with E-state index in [9.17, 15) is 9.59 Å². The lowest BCUT2D eigenvalue weighted by Crippen LogP contribution is -2.31. The molecule has 1 saturated heterocycles. The normalized spacial score (nSPS) is 17.9. The second kappa shape index (κ2) is 5.44. The molecule has 0 spiro atoms. The van der Waals surface area contributed by atoms with Crippen molar-refractivity contribution in [1.29, 1.82) is 0 Å². The lowest BCUT2D eigenvalue weighted by atomic mass is 10.1. The number of aromatic nitrogens is 1. The molecule has 1 aliphatic rings. The zero-order valence-corrected chi connectivity index (χ0v) is 11.6. The first-order valence-corrected chi connectivity index (χ1v) is 6.97. The molecule has 2 aromatic rings. The summed E-state index contributed by atoms with van der Waals surface area (Å²) in [5.74, 6) is -0.597. The smallest absolute Gasteiger partial charge is 0.253 e. The molecule has 1 fully saturated rings. The van der Waals surface area contributed by atoms with E-state index in [0.29, 0.717) is 25.1 Å². The summed E-state index contributed by atoms with van der Waals surface area (Å²) in [4.78, 5) is 25.4. The Balaban J connectivity index is 1.80. The fraction of sp³-hybridized carbons (Fsp3) is 0.250. The molecule has 2 heterocycles. The van der Waals surface area contributed by atoms with E-state index in [1.807, 2.05) is 47.3 Å². The molecule has 1 unspecified atom stereocenters. The molecule has 1 aliphatic heterocycles. The van der Waals surface area contributed by atoms with Gasteiger partial charge in [-0.3, -0.25) is 9.59 Å². The highest BCUT2D eigenvalue weighted by Crippen LogP contribution is 2.19. The van der Waals surface area contributed by atoms with Gasteiger partial charge in [0, 0.05) is 36.7 Å². The zero-order chi connectivity index (χ0) is 14.8. The van der Waals surface area contributed by atoms with E-state index in [0.717, 1.165) is 5.69 Å². The third kappa shape index (κ3) is 2.67. The van der Waals surface area contributed by atoms with Crippen molar-refractivity contribution in [3.05, 3.63) is 54.4 Å². The minimum absolute atomic E-state index is 0.0484. The molecule has 0 saturated carbocycles. The first kappa shape index (κ1) is 13.4. The highest BCUT2D eigenvalue weighted by molar-refractivity contribution is 5.95. The van der Waals surface area contributed by atoms with Gasteiger partial charge in [-0.15, -0.1) is 0 Å². The number of benzene rings is 1. The quantitative estimate of drug-likeness (QED) is 0.925. The number of carbonyl (C=O) groups is 2. The number of carbonyl (C=O) groups excluding carboxylic acids is 2. The van der Waals surface area contributed by atoms with Gasteiger partial charge in [-0.2, -0.15) is 0 Å². The standard InChI is InChI=1S/C16H17N3O2/c17-15(20)13-6-9-19(11-13)16(21)12-4-3-5-14(10-12)18-7-1-2-8-18/h1-5,7-8,10,13H,6,9,11H2,(H2,17,20). The van der Waals surface area contributed by atoms with E-state index in [1.54, 1.807) is 11.0 Å². The van der Waals surface area contributed by atoms with Crippen LogP contribution in [0.15, 0.2) is 48.8 Å². The van der Waals surface area contributed by atoms with E-state index in [2.05, 4.69) is 0 Å². The van der Waals surface area contributed by atoms with Gasteiger partial charge in [0.2, 0.25) is 5.91 Å². The topological polar surface area (TPSA) is 68.3 Å². The second-order valence-corrected chi connectivity index (χ2v) is 5.28. The van der Waals surface area contributed by atoms with E-state index < -0.39 is 0 Å². The number of nitrogens with zero attached hydrogens (tertiary/aromatic N) is 2. The molecule has 21 heavy (non-hydrogen) atoms. The highest BCUT2D eigenvalue weighted by Gasteiger charge is 2.30. The van der Waals surface area contributed by atoms with Gasteiger partial charge in [0.05, 0.1) is 5.92 Å². The Morgan fingerprint density at radius 3 is 2.57 bits per heavy atom. The Labute approximate surface area is 123 Å². The van der Waals surface area contributed by atoms with Crippen molar-refractivity contribution in [2.45, 2.75) is 6.42 Å². The van der Waals surface area contributed by atoms with Crippen LogP contribution in [0, 0.1) is 5.92 Å². The van der Waals surface area contributed by atoms with Crippen LogP contribution in [0.3, 0.4) is 0 Å². The van der Waals surface area contributed by atoms with Crippen molar-refractivity contribution in [3.8, 4) is 5.69 Å². The fourth-order valence-corrected chi connectivity index (χ4v) is 2.67. The Kier molecular flexibility index (Phi) is 3.48. The molecule has 1 aromatic heterocycles. The lowest BCUT2D eigenvalue weighted by Gasteiger charge is -2.16. The maximum atomic E-state index is 12.5. The van der Waals surface area contributed by atoms with Crippen LogP contribution in [-0.2, 0) is 4.79 Å². The van der Waals surface area contributed by atoms with Crippen LogP contribution in [-0.4, -0.2) is 34.4 Å². The van der Waals surface area contributed by atoms with Gasteiger partial charge in [0.15, 0.2) is 0 Å². The summed E-state index contributed by atoms with van der Waals surface area (Å²) >= 11 is 0. The van der Waals surface area contributed by atoms with Crippen LogP contribution in [0.5, 0.6) is 0 Å². The van der Waals surface area contributed by atoms with Crippen LogP contribution in [0.1, 0.15) is 16.8 Å². The number of hydrogen-bond donors (Lipinski definition) is 1. The molecule has 2 amide bonds. The van der Waals surface area contributed by atoms with Crippen molar-refractivity contribution >= 4 is 11.8 Å². The second-order valence-electron chi connectivity index (χ2n) is 5.28. The van der Waals surface area contributed by atoms with Gasteiger partial charge in [0.25, 0.3) is 5.91 Å². The molecule has 1 atom stereocenters. The van der Waals surface area contributed by atoms with Crippen molar-refractivity contribution in [3.63, 3.8) is 0 Å². The number of primary amides is 1. The lowest BCUT2D eigenvalue weighted by molar-refractivity contribution is -0.121. The molecule has 108 valence electrons. The Hall–Kier alpha value is -2.56. The summed E-state index contributed by atoms with van der Waals surface area (Å²) in [6.45, 7) is 1.00. The summed E-state index contributed by atoms with van der Waals surface area (Å²) in [5.41, 5.74) is 6.88. The van der Waals surface area contributed by atoms with Crippen molar-refractivity contribution < 1.29 is 9.59 Å². The van der Waals surface area contributed by atoms with Crippen molar-refractivity contribution in [2.24, 2.45) is 11.7 Å². The van der Waals surface area contributed by atoms with Crippen LogP contribution in [0.25, 0.3) is 5.69 Å². The molecule has 0 radical (unpaired) electrons. The number of rotatable bonds is 3. The molecule has 0 bridgehead atoms. The molecule has 0 aliphatic carbocycles. The van der Waals surface area contributed by atoms with Gasteiger partial charge in [-0.1, -0.05) is 6.07 Å². The Morgan fingerprint density at radius 1 is 1.14 bits per heavy atom. The van der Waals surface area contributed by atoms with Gasteiger partial charge in [-0.05, 0) is 36.8 Å². The number of hydrogen-bond acceptors (Lipinski definition) is 2. The summed E-state index contributed by atoms with van der Waals surface area (Å²) in [6, 6.07) is 11.4. The number of nitrogens with two attached hydrogens (primary N) is 1. The Bertz CT molecular complexity index is 664. The Morgan fingerprint density at radius 2 is 1.90 bits per heavy atom. The summed E-state index contributed by atoms with van der Waals surface area (Å²) in [5, 5.41) is 0. The monoisotopic (exact) mass is 283 g/mol. The van der Waals surface area contributed by atoms with Crippen molar-refractivity contribution in [1.82, 2.24) is 9.47 Å². The molecule has 3 rings (SSSR count). The summed E-state index contributed by atoms with van der Waals surface area (Å²) < 4.78 is 1.95. The first-order valence-electron chi connectivity index (χ1n) is 6.97. The van der Waals surface area contributed by atoms with Gasteiger partial charge in [-0.25, -0.2) is 0 Å². The molecular formula is C16H17N3O2. The maximum absolute atomic E-state index is 12.5. The molecule has 1 aromatic carbocycles. The van der Waals surface area contributed by atoms with Crippen LogP contribution < -0.4 is 5.73 Å². The summed E-state index contributed by atoms with van der Waals surface area (Å²) in [7, 11) is 0. The van der Waals surface area contributed by atoms with E-state index in [1.165, 1.54) is 0 Å². The predicted molar refractivity (Wildman–Crippen MR) is 79.0 cm³/mol. The molecule has 2 N–H and O–H groups in total. The first-order chi connectivity index (χ1) is 10.1. The van der Waals surface area contributed by atoms with Crippen LogP contribution in [0.4, 0.5) is 0 Å². The number of amides is 2. The minimum atomic E-state index is -0.327. The average Bonchev–Trinajstić information content (AvgIpc) is 3.18. The highest BCUT2D eigenvalue weighted by atomic mass is 16.2. The van der Waals surface area contributed by atoms with Crippen LogP contribution >= 0.6 is 0 Å². The third-order valence-electron chi connectivity index (χ3n) is 3.87. The van der Waals surface area contributed by atoms with Crippen LogP contribution in [0.2, 0.25) is 0 Å². The predicted octanol–water partition coefficient (Wildman–Crippen LogP) is 1.42. The van der Waals surface area contributed by atoms with Gasteiger partial charge in [0.1, 0.15) is 0 Å². The van der Waals surface area contributed by atoms with Crippen molar-refractivity contribution in [2.75, 3.05) is 13.1 Å². The fourth-order valence-electron chi connectivity index (χ4n) is 2.67. The summed E-state index contributed by atoms with van der Waals surface area (Å²) in [6.07, 6.45) is 4.52.